The molecule has 0 unspecified atom stereocenters. The molecule has 0 atom stereocenters. The minimum atomic E-state index is -0.807. The fraction of sp³-hybridized carbons (Fsp3) is 0.200. The Kier molecular flexibility index (Phi) is 4.67. The highest BCUT2D eigenvalue weighted by Gasteiger charge is 2.15. The number of hydrogen-bond donors (Lipinski definition) is 1. The van der Waals surface area contributed by atoms with Gasteiger partial charge < -0.3 is 10.6 Å². The van der Waals surface area contributed by atoms with Crippen molar-refractivity contribution in [3.63, 3.8) is 0 Å². The van der Waals surface area contributed by atoms with Crippen LogP contribution in [0.2, 0.25) is 0 Å². The monoisotopic (exact) mass is 288 g/mol. The number of aromatic nitrogens is 1. The molecule has 0 aliphatic heterocycles. The summed E-state index contributed by atoms with van der Waals surface area (Å²) < 4.78 is 27.0. The number of nitrogen functional groups attached to an aromatic ring is 1. The first-order chi connectivity index (χ1) is 10.1. The van der Waals surface area contributed by atoms with Crippen LogP contribution in [0.15, 0.2) is 36.7 Å². The third-order valence-electron chi connectivity index (χ3n) is 3.00. The molecule has 2 aromatic rings. The first-order valence-corrected chi connectivity index (χ1v) is 6.37. The molecule has 0 aliphatic carbocycles. The molecule has 2 N–H and O–H groups in total. The average molecular weight is 288 g/mol. The molecule has 0 spiro atoms. The van der Waals surface area contributed by atoms with Crippen LogP contribution in [-0.4, -0.2) is 11.5 Å². The summed E-state index contributed by atoms with van der Waals surface area (Å²) in [5.74, 6) is -1.51. The third kappa shape index (κ3) is 3.66. The van der Waals surface area contributed by atoms with Gasteiger partial charge in [-0.2, -0.15) is 5.26 Å². The SMILES string of the molecule is N#CCCN(Cc1cccnc1)c1cc(F)cc(F)c1N. The van der Waals surface area contributed by atoms with Crippen LogP contribution in [0.1, 0.15) is 12.0 Å². The molecule has 6 heteroatoms. The molecule has 1 aromatic heterocycles. The van der Waals surface area contributed by atoms with Gasteiger partial charge in [0.2, 0.25) is 0 Å². The van der Waals surface area contributed by atoms with E-state index in [0.29, 0.717) is 13.1 Å². The lowest BCUT2D eigenvalue weighted by Gasteiger charge is -2.25. The Morgan fingerprint density at radius 1 is 1.33 bits per heavy atom. The van der Waals surface area contributed by atoms with Gasteiger partial charge in [0.15, 0.2) is 5.82 Å². The van der Waals surface area contributed by atoms with E-state index in [-0.39, 0.29) is 17.8 Å². The van der Waals surface area contributed by atoms with E-state index in [9.17, 15) is 8.78 Å². The smallest absolute Gasteiger partial charge is 0.151 e. The van der Waals surface area contributed by atoms with Crippen molar-refractivity contribution in [3.8, 4) is 6.07 Å². The fourth-order valence-corrected chi connectivity index (χ4v) is 2.01. The Balaban J connectivity index is 2.34. The summed E-state index contributed by atoms with van der Waals surface area (Å²) in [4.78, 5) is 5.67. The number of anilines is 2. The van der Waals surface area contributed by atoms with Crippen molar-refractivity contribution in [2.75, 3.05) is 17.2 Å². The van der Waals surface area contributed by atoms with Crippen LogP contribution in [0.4, 0.5) is 20.2 Å². The largest absolute Gasteiger partial charge is 0.395 e. The van der Waals surface area contributed by atoms with Crippen molar-refractivity contribution in [2.45, 2.75) is 13.0 Å². The number of benzene rings is 1. The van der Waals surface area contributed by atoms with E-state index in [1.807, 2.05) is 12.1 Å². The summed E-state index contributed by atoms with van der Waals surface area (Å²) in [5, 5.41) is 8.74. The summed E-state index contributed by atoms with van der Waals surface area (Å²) >= 11 is 0. The van der Waals surface area contributed by atoms with Gasteiger partial charge in [-0.3, -0.25) is 4.98 Å². The van der Waals surface area contributed by atoms with E-state index in [0.717, 1.165) is 11.6 Å². The van der Waals surface area contributed by atoms with Gasteiger partial charge in [-0.1, -0.05) is 6.07 Å². The lowest BCUT2D eigenvalue weighted by molar-refractivity contribution is 0.584. The Bertz CT molecular complexity index is 653. The molecule has 0 bridgehead atoms. The van der Waals surface area contributed by atoms with Gasteiger partial charge in [0.25, 0.3) is 0 Å². The number of pyridine rings is 1. The highest BCUT2D eigenvalue weighted by molar-refractivity contribution is 5.68. The molecular weight excluding hydrogens is 274 g/mol. The van der Waals surface area contributed by atoms with E-state index in [1.54, 1.807) is 23.4 Å². The van der Waals surface area contributed by atoms with Crippen LogP contribution < -0.4 is 10.6 Å². The van der Waals surface area contributed by atoms with Crippen molar-refractivity contribution in [2.24, 2.45) is 0 Å². The number of nitrogens with two attached hydrogens (primary N) is 1. The summed E-state index contributed by atoms with van der Waals surface area (Å²) in [5.41, 5.74) is 6.67. The topological polar surface area (TPSA) is 65.9 Å². The standard InChI is InChI=1S/C15H14F2N4/c16-12-7-13(17)15(19)14(8-12)21(6-2-4-18)10-11-3-1-5-20-9-11/h1,3,5,7-9H,2,6,10,19H2. The first kappa shape index (κ1) is 14.7. The second-order valence-corrected chi connectivity index (χ2v) is 4.51. The summed E-state index contributed by atoms with van der Waals surface area (Å²) in [6.07, 6.45) is 3.52. The minimum Gasteiger partial charge on any atom is -0.395 e. The van der Waals surface area contributed by atoms with Crippen LogP contribution in [0, 0.1) is 23.0 Å². The van der Waals surface area contributed by atoms with Gasteiger partial charge in [0.1, 0.15) is 5.82 Å². The van der Waals surface area contributed by atoms with Crippen molar-refractivity contribution in [3.05, 3.63) is 53.9 Å². The summed E-state index contributed by atoms with van der Waals surface area (Å²) in [6.45, 7) is 0.682. The van der Waals surface area contributed by atoms with Crippen molar-refractivity contribution in [1.29, 1.82) is 5.26 Å². The number of hydrogen-bond acceptors (Lipinski definition) is 4. The molecule has 21 heavy (non-hydrogen) atoms. The van der Waals surface area contributed by atoms with Gasteiger partial charge in [-0.05, 0) is 17.7 Å². The number of nitriles is 1. The summed E-state index contributed by atoms with van der Waals surface area (Å²) in [7, 11) is 0. The predicted octanol–water partition coefficient (Wildman–Crippen LogP) is 2.86. The maximum absolute atomic E-state index is 13.6. The molecular formula is C15H14F2N4. The molecule has 0 fully saturated rings. The lowest BCUT2D eigenvalue weighted by atomic mass is 10.2. The summed E-state index contributed by atoms with van der Waals surface area (Å²) in [6, 6.07) is 7.55. The van der Waals surface area contributed by atoms with Gasteiger partial charge in [0, 0.05) is 31.5 Å². The second kappa shape index (κ2) is 6.66. The molecule has 0 saturated carbocycles. The molecule has 1 heterocycles. The zero-order valence-electron chi connectivity index (χ0n) is 11.3. The van der Waals surface area contributed by atoms with Crippen LogP contribution in [0.3, 0.4) is 0 Å². The third-order valence-corrected chi connectivity index (χ3v) is 3.00. The maximum Gasteiger partial charge on any atom is 0.151 e. The zero-order valence-corrected chi connectivity index (χ0v) is 11.3. The van der Waals surface area contributed by atoms with E-state index >= 15 is 0 Å². The Labute approximate surface area is 121 Å². The Morgan fingerprint density at radius 2 is 2.14 bits per heavy atom. The molecule has 1 aromatic carbocycles. The number of rotatable bonds is 5. The van der Waals surface area contributed by atoms with Crippen LogP contribution in [0.25, 0.3) is 0 Å². The average Bonchev–Trinajstić information content (AvgIpc) is 2.48. The maximum atomic E-state index is 13.6. The van der Waals surface area contributed by atoms with Gasteiger partial charge in [-0.15, -0.1) is 0 Å². The molecule has 2 rings (SSSR count). The number of nitrogens with zero attached hydrogens (tertiary/aromatic N) is 3. The van der Waals surface area contributed by atoms with Gasteiger partial charge in [0.05, 0.1) is 23.9 Å². The van der Waals surface area contributed by atoms with E-state index < -0.39 is 11.6 Å². The van der Waals surface area contributed by atoms with Crippen molar-refractivity contribution >= 4 is 11.4 Å². The molecule has 0 saturated heterocycles. The van der Waals surface area contributed by atoms with E-state index in [4.69, 9.17) is 11.0 Å². The Morgan fingerprint density at radius 3 is 2.81 bits per heavy atom. The highest BCUT2D eigenvalue weighted by Crippen LogP contribution is 2.28. The zero-order chi connectivity index (χ0) is 15.2. The fourth-order valence-electron chi connectivity index (χ4n) is 2.01. The van der Waals surface area contributed by atoms with Gasteiger partial charge >= 0.3 is 0 Å². The van der Waals surface area contributed by atoms with Crippen molar-refractivity contribution < 1.29 is 8.78 Å². The quantitative estimate of drug-likeness (QED) is 0.859. The second-order valence-electron chi connectivity index (χ2n) is 4.51. The Hall–Kier alpha value is -2.68. The normalized spacial score (nSPS) is 10.1. The van der Waals surface area contributed by atoms with Crippen molar-refractivity contribution in [1.82, 2.24) is 4.98 Å². The van der Waals surface area contributed by atoms with E-state index in [2.05, 4.69) is 4.98 Å². The lowest BCUT2D eigenvalue weighted by Crippen LogP contribution is -2.25. The molecule has 108 valence electrons. The van der Waals surface area contributed by atoms with Crippen LogP contribution in [0.5, 0.6) is 0 Å². The van der Waals surface area contributed by atoms with E-state index in [1.165, 1.54) is 6.07 Å². The predicted molar refractivity (Wildman–Crippen MR) is 76.3 cm³/mol. The van der Waals surface area contributed by atoms with Gasteiger partial charge in [-0.25, -0.2) is 8.78 Å². The number of halogens is 2. The molecule has 0 amide bonds. The minimum absolute atomic E-state index is 0.127. The first-order valence-electron chi connectivity index (χ1n) is 6.37. The van der Waals surface area contributed by atoms with Crippen LogP contribution >= 0.6 is 0 Å². The molecule has 0 aliphatic rings. The van der Waals surface area contributed by atoms with Crippen LogP contribution in [-0.2, 0) is 6.54 Å². The highest BCUT2D eigenvalue weighted by atomic mass is 19.1. The molecule has 4 nitrogen and oxygen atoms in total. The molecule has 0 radical (unpaired) electrons.